The third kappa shape index (κ3) is 8.90. The van der Waals surface area contributed by atoms with Crippen molar-refractivity contribution in [1.29, 1.82) is 0 Å². The average molecular weight is 300 g/mol. The largest absolute Gasteiger partial charge is 2.00 e. The van der Waals surface area contributed by atoms with Crippen molar-refractivity contribution in [2.75, 3.05) is 0 Å². The molecule has 0 spiro atoms. The average Bonchev–Trinajstić information content (AvgIpc) is 0. The predicted octanol–water partition coefficient (Wildman–Crippen LogP) is -1.34. The van der Waals surface area contributed by atoms with E-state index in [4.69, 9.17) is 0 Å². The summed E-state index contributed by atoms with van der Waals surface area (Å²) in [5.74, 6) is 0. The molecule has 0 aliphatic carbocycles. The Hall–Kier alpha value is 2.16. The van der Waals surface area contributed by atoms with Gasteiger partial charge in [-0.25, -0.2) is 0 Å². The first-order chi connectivity index (χ1) is 0. The van der Waals surface area contributed by atoms with Gasteiger partial charge in [0.1, 0.15) is 0 Å². The van der Waals surface area contributed by atoms with E-state index in [1.54, 1.807) is 0 Å². The maximum absolute atomic E-state index is 0. The van der Waals surface area contributed by atoms with Crippen LogP contribution in [0.2, 0.25) is 0 Å². The molecule has 0 saturated carbocycles. The van der Waals surface area contributed by atoms with Crippen LogP contribution in [0.25, 0.3) is 0 Å². The van der Waals surface area contributed by atoms with E-state index in [0.29, 0.717) is 0 Å². The zero-order chi connectivity index (χ0) is 0. The number of hydrogen-bond donors (Lipinski definition) is 0. The molecule has 0 N–H and O–H groups in total. The van der Waals surface area contributed by atoms with Crippen molar-refractivity contribution < 1.29 is 40.4 Å². The van der Waals surface area contributed by atoms with Gasteiger partial charge < -0.3 is 2.85 Å². The third-order valence-corrected chi connectivity index (χ3v) is 0. The Morgan fingerprint density at radius 1 is 1.25 bits per heavy atom. The Balaban J connectivity index is 0. The van der Waals surface area contributed by atoms with Gasteiger partial charge in [-0.15, -0.1) is 0 Å². The van der Waals surface area contributed by atoms with Crippen molar-refractivity contribution >= 4 is 34.0 Å². The molecule has 0 bridgehead atoms. The van der Waals surface area contributed by atoms with Crippen molar-refractivity contribution in [1.82, 2.24) is 0 Å². The van der Waals surface area contributed by atoms with Crippen molar-refractivity contribution in [2.24, 2.45) is 0 Å². The molecule has 0 aromatic carbocycles. The van der Waals surface area contributed by atoms with Crippen LogP contribution in [-0.2, 0) is 37.6 Å². The summed E-state index contributed by atoms with van der Waals surface area (Å²) < 4.78 is 0. The third-order valence-electron chi connectivity index (χ3n) is 0. The van der Waals surface area contributed by atoms with E-state index in [9.17, 15) is 0 Å². The van der Waals surface area contributed by atoms with E-state index in [1.807, 2.05) is 0 Å². The summed E-state index contributed by atoms with van der Waals surface area (Å²) in [4.78, 5) is 0. The van der Waals surface area contributed by atoms with E-state index >= 15 is 0 Å². The van der Waals surface area contributed by atoms with Crippen LogP contribution >= 0.6 is 0 Å². The summed E-state index contributed by atoms with van der Waals surface area (Å²) >= 11 is 0. The summed E-state index contributed by atoms with van der Waals surface area (Å²) in [5, 5.41) is 0. The SMILES string of the molecule is [H-].[H-].[Mg+2].[Ni].[SiH3].[W]. The minimum atomic E-state index is 0. The fraction of sp³-hybridized carbons (Fsp3) is 0. The van der Waals surface area contributed by atoms with E-state index < -0.39 is 0 Å². The second kappa shape index (κ2) is 19.1. The van der Waals surface area contributed by atoms with Crippen LogP contribution in [0.15, 0.2) is 0 Å². The number of rotatable bonds is 0. The van der Waals surface area contributed by atoms with Gasteiger partial charge in [0.25, 0.3) is 0 Å². The van der Waals surface area contributed by atoms with E-state index in [1.165, 1.54) is 0 Å². The smallest absolute Gasteiger partial charge is 1.00 e. The molecule has 0 aromatic rings. The second-order valence-corrected chi connectivity index (χ2v) is 0. The van der Waals surface area contributed by atoms with Gasteiger partial charge in [0.05, 0.1) is 0 Å². The molecule has 0 unspecified atom stereocenters. The molecule has 0 nitrogen and oxygen atoms in total. The first kappa shape index (κ1) is 35.1. The van der Waals surface area contributed by atoms with Crippen molar-refractivity contribution in [3.05, 3.63) is 0 Å². The molecule has 0 atom stereocenters. The minimum Gasteiger partial charge on any atom is -1.00 e. The van der Waals surface area contributed by atoms with Crippen molar-refractivity contribution in [2.45, 2.75) is 0 Å². The fourth-order valence-electron chi connectivity index (χ4n) is 0. The Bertz CT molecular complexity index is 13.5. The minimum absolute atomic E-state index is 0. The topological polar surface area (TPSA) is 0 Å². The molecule has 0 aliphatic heterocycles. The molecule has 4 heavy (non-hydrogen) atoms. The molecule has 0 aliphatic rings. The van der Waals surface area contributed by atoms with Crippen LogP contribution < -0.4 is 0 Å². The Kier molecular flexibility index (Phi) is 168. The molecular formula is H5MgNiSiW. The second-order valence-electron chi connectivity index (χ2n) is 0. The van der Waals surface area contributed by atoms with Crippen LogP contribution in [0.1, 0.15) is 2.85 Å². The van der Waals surface area contributed by atoms with Gasteiger partial charge in [-0.1, -0.05) is 0 Å². The fourth-order valence-corrected chi connectivity index (χ4v) is 0. The monoisotopic (exact) mass is 299 g/mol. The molecule has 0 aromatic heterocycles. The van der Waals surface area contributed by atoms with E-state index in [0.717, 1.165) is 0 Å². The van der Waals surface area contributed by atoms with Crippen LogP contribution in [0, 0.1) is 0 Å². The van der Waals surface area contributed by atoms with Crippen molar-refractivity contribution in [3.63, 3.8) is 0 Å². The van der Waals surface area contributed by atoms with Crippen molar-refractivity contribution in [3.8, 4) is 0 Å². The van der Waals surface area contributed by atoms with Crippen LogP contribution in [-0.4, -0.2) is 34.0 Å². The summed E-state index contributed by atoms with van der Waals surface area (Å²) in [6.07, 6.45) is 0. The first-order valence-corrected chi connectivity index (χ1v) is 0. The Morgan fingerprint density at radius 3 is 1.25 bits per heavy atom. The molecule has 27 valence electrons. The first-order valence-electron chi connectivity index (χ1n) is 0. The molecule has 0 amide bonds. The molecule has 0 fully saturated rings. The molecule has 0 rings (SSSR count). The zero-order valence-corrected chi connectivity index (χ0v) is 9.77. The van der Waals surface area contributed by atoms with Crippen LogP contribution in [0.5, 0.6) is 0 Å². The van der Waals surface area contributed by atoms with Gasteiger partial charge in [-0.05, 0) is 11.0 Å². The van der Waals surface area contributed by atoms with E-state index in [2.05, 4.69) is 0 Å². The standard InChI is InChI=1S/Mg.Ni.H3Si.W.2H/h;;1H3;;;/q+2;;;;2*-1. The molecule has 4 heteroatoms. The summed E-state index contributed by atoms with van der Waals surface area (Å²) in [6.45, 7) is 0. The molecule has 1 radical (unpaired) electrons. The maximum Gasteiger partial charge on any atom is 2.00 e. The molecule has 0 heterocycles. The normalized spacial score (nSPS) is 0. The zero-order valence-electron chi connectivity index (χ0n) is 4.43. The summed E-state index contributed by atoms with van der Waals surface area (Å²) in [5.41, 5.74) is 0. The maximum atomic E-state index is 0. The Morgan fingerprint density at radius 2 is 1.25 bits per heavy atom. The van der Waals surface area contributed by atoms with Gasteiger partial charge in [0.15, 0.2) is 0 Å². The van der Waals surface area contributed by atoms with Gasteiger partial charge in [0, 0.05) is 37.6 Å². The van der Waals surface area contributed by atoms with Crippen LogP contribution in [0.4, 0.5) is 0 Å². The summed E-state index contributed by atoms with van der Waals surface area (Å²) in [7, 11) is 0. The molecule has 0 saturated heterocycles. The summed E-state index contributed by atoms with van der Waals surface area (Å²) in [6, 6.07) is 0. The Labute approximate surface area is 73.8 Å². The predicted molar refractivity (Wildman–Crippen MR) is 17.9 cm³/mol. The van der Waals surface area contributed by atoms with E-state index in [-0.39, 0.29) is 74.4 Å². The number of hydrogen-bond acceptors (Lipinski definition) is 0. The van der Waals surface area contributed by atoms with Crippen LogP contribution in [0.3, 0.4) is 0 Å². The quantitative estimate of drug-likeness (QED) is 0.486. The molecular weight excluding hydrogens is 295 g/mol. The van der Waals surface area contributed by atoms with Gasteiger partial charge in [-0.3, -0.25) is 0 Å². The van der Waals surface area contributed by atoms with Gasteiger partial charge >= 0.3 is 23.1 Å². The van der Waals surface area contributed by atoms with Gasteiger partial charge in [-0.2, -0.15) is 0 Å². The van der Waals surface area contributed by atoms with Gasteiger partial charge in [0.2, 0.25) is 0 Å².